The summed E-state index contributed by atoms with van der Waals surface area (Å²) in [5.41, 5.74) is 46.4. The molecule has 28 N–H and O–H groups in total. The molecule has 10 aromatic rings. The summed E-state index contributed by atoms with van der Waals surface area (Å²) in [6, 6.07) is 34.7. The fraction of sp³-hybridized carbons (Fsp3) is 0.392. The van der Waals surface area contributed by atoms with E-state index < -0.39 is 153 Å². The minimum absolute atomic E-state index is 0.0186. The fourth-order valence-electron chi connectivity index (χ4n) is 16.5. The van der Waals surface area contributed by atoms with E-state index in [0.717, 1.165) is 12.1 Å². The number of nitro groups is 2. The van der Waals surface area contributed by atoms with Crippen LogP contribution in [-0.2, 0) is 67.2 Å². The normalized spacial score (nSPS) is 13.6. The summed E-state index contributed by atoms with van der Waals surface area (Å²) in [4.78, 5) is 198. The Balaban J connectivity index is 0.945. The molecule has 10 rings (SSSR count). The van der Waals surface area contributed by atoms with E-state index in [1.807, 2.05) is 60.7 Å². The fourth-order valence-corrected chi connectivity index (χ4v) is 16.5. The maximum absolute atomic E-state index is 16.1. The van der Waals surface area contributed by atoms with Crippen molar-refractivity contribution in [2.24, 2.45) is 34.4 Å². The third-order valence-corrected chi connectivity index (χ3v) is 23.8. The van der Waals surface area contributed by atoms with Crippen molar-refractivity contribution in [3.63, 3.8) is 0 Å². The molecule has 3 aromatic heterocycles. The van der Waals surface area contributed by atoms with E-state index in [0.29, 0.717) is 118 Å². The maximum Gasteiger partial charge on any atom is 0.299 e. The van der Waals surface area contributed by atoms with E-state index in [1.165, 1.54) is 12.1 Å². The summed E-state index contributed by atoms with van der Waals surface area (Å²) < 4.78 is 0. The number of hydrogen-bond acceptors (Lipinski definition) is 22. The number of carbonyl (C=O) groups excluding carboxylic acids is 11. The minimum Gasteiger partial charge on any atom is -0.398 e. The van der Waals surface area contributed by atoms with E-state index in [-0.39, 0.29) is 133 Å². The third-order valence-electron chi connectivity index (χ3n) is 23.8. The van der Waals surface area contributed by atoms with Crippen molar-refractivity contribution >= 4 is 120 Å². The predicted octanol–water partition coefficient (Wildman–Crippen LogP) is 5.96. The summed E-state index contributed by atoms with van der Waals surface area (Å²) in [6.45, 7) is 1.23. The Labute approximate surface area is 781 Å². The maximum atomic E-state index is 16.1. The van der Waals surface area contributed by atoms with E-state index in [4.69, 9.17) is 40.1 Å². The molecule has 10 atom stereocenters. The van der Waals surface area contributed by atoms with Gasteiger partial charge in [0.1, 0.15) is 66.1 Å². The van der Waals surface area contributed by atoms with Crippen molar-refractivity contribution in [2.75, 3.05) is 50.3 Å². The van der Waals surface area contributed by atoms with E-state index >= 15 is 33.6 Å². The number of aromatic nitrogens is 3. The van der Waals surface area contributed by atoms with E-state index in [9.17, 15) is 39.4 Å². The molecule has 0 radical (unpaired) electrons. The first-order chi connectivity index (χ1) is 65.3. The predicted molar refractivity (Wildman–Crippen MR) is 516 cm³/mol. The van der Waals surface area contributed by atoms with Crippen molar-refractivity contribution in [2.45, 2.75) is 201 Å². The van der Waals surface area contributed by atoms with Crippen LogP contribution in [0.4, 0.5) is 22.7 Å². The first-order valence-corrected chi connectivity index (χ1v) is 45.9. The Morgan fingerprint density at radius 3 is 1.02 bits per heavy atom. The number of fused-ring (bicyclic) bond motifs is 3. The van der Waals surface area contributed by atoms with Gasteiger partial charge in [0, 0.05) is 94.8 Å². The molecular weight excluding hydrogens is 1730 g/mol. The number of nitrogens with zero attached hydrogens (tertiary/aromatic N) is 2. The number of nitrogen functional groups attached to an aromatic ring is 1. The molecule has 38 nitrogen and oxygen atoms in total. The number of benzene rings is 7. The number of primary amides is 1. The van der Waals surface area contributed by atoms with Gasteiger partial charge in [-0.15, -0.1) is 0 Å². The van der Waals surface area contributed by atoms with Crippen LogP contribution in [0.2, 0.25) is 0 Å². The van der Waals surface area contributed by atoms with Gasteiger partial charge in [-0.2, -0.15) is 0 Å². The Kier molecular flexibility index (Phi) is 40.1. The summed E-state index contributed by atoms with van der Waals surface area (Å²) in [6.07, 6.45) is 8.67. The van der Waals surface area contributed by atoms with Crippen molar-refractivity contribution in [1.29, 1.82) is 0 Å². The van der Waals surface area contributed by atoms with Gasteiger partial charge in [-0.3, -0.25) is 73.0 Å². The van der Waals surface area contributed by atoms with E-state index in [1.54, 1.807) is 110 Å². The van der Waals surface area contributed by atoms with Gasteiger partial charge in [-0.1, -0.05) is 127 Å². The molecule has 0 spiro atoms. The van der Waals surface area contributed by atoms with Crippen LogP contribution < -0.4 is 98.6 Å². The van der Waals surface area contributed by atoms with Crippen molar-refractivity contribution < 1.29 is 62.6 Å². The Morgan fingerprint density at radius 1 is 0.333 bits per heavy atom. The van der Waals surface area contributed by atoms with Gasteiger partial charge in [0.2, 0.25) is 59.1 Å². The summed E-state index contributed by atoms with van der Waals surface area (Å²) in [5, 5.41) is 57.2. The second-order valence-electron chi connectivity index (χ2n) is 33.5. The number of nitrogens with two attached hydrogens (primary N) is 7. The molecule has 0 saturated carbocycles. The summed E-state index contributed by atoms with van der Waals surface area (Å²) in [7, 11) is 0. The quantitative estimate of drug-likeness (QED) is 0.00904. The lowest BCUT2D eigenvalue weighted by molar-refractivity contribution is -0.393. The molecule has 7 aromatic carbocycles. The number of nitrogens with one attached hydrogen (secondary N) is 14. The average Bonchev–Trinajstić information content (AvgIpc) is 1.76. The van der Waals surface area contributed by atoms with Crippen LogP contribution in [-0.4, -0.2) is 189 Å². The molecule has 135 heavy (non-hydrogen) atoms. The number of para-hydroxylation sites is 4. The largest absolute Gasteiger partial charge is 0.398 e. The molecule has 0 aliphatic heterocycles. The van der Waals surface area contributed by atoms with Crippen molar-refractivity contribution in [1.82, 2.24) is 68.1 Å². The zero-order valence-electron chi connectivity index (χ0n) is 75.5. The molecule has 3 heterocycles. The van der Waals surface area contributed by atoms with Crippen molar-refractivity contribution in [3.8, 4) is 0 Å². The first kappa shape index (κ1) is 103. The standard InChI is InChI=1S/C97H125N23O15/c98-47-21-15-40-76(110-88(122)69-34-7-11-35-70(69)103)90(124)111-78(42-17-23-49-100)92(126)115-82(54-63-58-107-72-37-13-9-32-67(63)72)95(129)117-81(53-62-57-106-71-36-12-8-31-66(62)71)94(128)113-77(41-16-22-48-99)91(125)112-79(43-18-24-50-101)93(127)116-83(55-64-59-108-73-38-14-10-33-68(64)73)96(130)118-86(85(60-27-3-1-4-28-60)61-29-5-2-6-30-61)97(131)114-80(44-19-25-51-102)89(123)109-75(87(104)121)39-20-26-52-105-74-46-45-65(119(132)133)56-84(74)120(134)135/h1-14,27-38,45-46,56-59,75-83,85-86,105-108H,15-26,39-44,47-55,98-103H2,(H2,104,121)(H,109,123)(H,110,122)(H,111,124)(H,112,125)(H,113,128)(H,114,131)(H,115,126)(H,116,127)(H,117,129)(H,118,130)/t75-,76-,77-,78-,79-,80-,81-,82-,83-,86-/m0/s1. The first-order valence-electron chi connectivity index (χ1n) is 45.9. The van der Waals surface area contributed by atoms with Gasteiger partial charge in [-0.05, 0) is 213 Å². The molecule has 11 amide bonds. The highest BCUT2D eigenvalue weighted by molar-refractivity contribution is 6.03. The van der Waals surface area contributed by atoms with E-state index in [2.05, 4.69) is 73.4 Å². The number of carbonyl (C=O) groups is 11. The van der Waals surface area contributed by atoms with Gasteiger partial charge in [-0.25, -0.2) is 0 Å². The number of H-pyrrole nitrogens is 3. The van der Waals surface area contributed by atoms with Crippen LogP contribution in [0.1, 0.15) is 160 Å². The Bertz CT molecular complexity index is 5620. The average molecular weight is 1850 g/mol. The molecule has 0 fully saturated rings. The molecule has 0 unspecified atom stereocenters. The topological polar surface area (TPSA) is 636 Å². The number of rotatable bonds is 58. The van der Waals surface area contributed by atoms with Gasteiger partial charge in [0.15, 0.2) is 0 Å². The van der Waals surface area contributed by atoms with Gasteiger partial charge in [0.25, 0.3) is 17.3 Å². The highest BCUT2D eigenvalue weighted by Gasteiger charge is 2.40. The lowest BCUT2D eigenvalue weighted by atomic mass is 9.84. The number of nitro benzene ring substituents is 2. The third kappa shape index (κ3) is 30.0. The second kappa shape index (κ2) is 52.7. The lowest BCUT2D eigenvalue weighted by Gasteiger charge is -2.32. The van der Waals surface area contributed by atoms with Crippen LogP contribution >= 0.6 is 0 Å². The number of anilines is 2. The van der Waals surface area contributed by atoms with Gasteiger partial charge >= 0.3 is 0 Å². The Hall–Kier alpha value is -14.5. The highest BCUT2D eigenvalue weighted by atomic mass is 16.6. The monoisotopic (exact) mass is 1850 g/mol. The van der Waals surface area contributed by atoms with Gasteiger partial charge in [0.05, 0.1) is 21.5 Å². The molecule has 0 saturated heterocycles. The molecule has 0 aliphatic carbocycles. The molecule has 0 aliphatic rings. The lowest BCUT2D eigenvalue weighted by Crippen LogP contribution is -2.61. The summed E-state index contributed by atoms with van der Waals surface area (Å²) >= 11 is 0. The molecule has 718 valence electrons. The Morgan fingerprint density at radius 2 is 0.652 bits per heavy atom. The van der Waals surface area contributed by atoms with Crippen molar-refractivity contribution in [3.05, 3.63) is 248 Å². The minimum atomic E-state index is -1.62. The van der Waals surface area contributed by atoms with Gasteiger partial charge < -0.3 is 114 Å². The summed E-state index contributed by atoms with van der Waals surface area (Å²) in [5.74, 6) is -10.0. The molecule has 0 bridgehead atoms. The van der Waals surface area contributed by atoms with Crippen LogP contribution in [0, 0.1) is 20.2 Å². The number of non-ortho nitro benzene ring substituents is 1. The number of amides is 11. The van der Waals surface area contributed by atoms with Crippen LogP contribution in [0.15, 0.2) is 195 Å². The number of unbranched alkanes of at least 4 members (excludes halogenated alkanes) is 6. The highest BCUT2D eigenvalue weighted by Crippen LogP contribution is 2.32. The molecular formula is C97H125N23O15. The number of hydrogen-bond donors (Lipinski definition) is 21. The second-order valence-corrected chi connectivity index (χ2v) is 33.5. The number of aromatic amines is 3. The molecule has 38 heteroatoms. The smallest absolute Gasteiger partial charge is 0.299 e. The van der Waals surface area contributed by atoms with Crippen LogP contribution in [0.5, 0.6) is 0 Å². The SMILES string of the molecule is NCCCC[C@H](NC(=O)c1ccccc1N)C(=O)N[C@@H](CCCCN)C(=O)N[C@@H](Cc1c[nH]c2ccccc12)C(=O)N[C@@H](Cc1c[nH]c2ccccc12)C(=O)N[C@@H](CCCCN)C(=O)N[C@@H](CCCCN)C(=O)N[C@@H](Cc1c[nH]c2ccccc12)C(=O)N[C@H](C(=O)N[C@@H](CCCCN)C(=O)N[C@@H](CCCCNc1ccc([N+](=O)[O-])cc1[N+](=O)[O-])C(N)=O)C(c1ccccc1)c1ccccc1. The zero-order valence-corrected chi connectivity index (χ0v) is 75.5. The van der Waals surface area contributed by atoms with Crippen LogP contribution in [0.3, 0.4) is 0 Å². The zero-order chi connectivity index (χ0) is 96.7. The van der Waals surface area contributed by atoms with Crippen LogP contribution in [0.25, 0.3) is 32.7 Å².